The van der Waals surface area contributed by atoms with Crippen molar-refractivity contribution in [1.29, 1.82) is 0 Å². The molecule has 1 heterocycles. The molecule has 0 fully saturated rings. The summed E-state index contributed by atoms with van der Waals surface area (Å²) < 4.78 is 39.1. The first-order chi connectivity index (χ1) is 15.2. The molecule has 0 radical (unpaired) electrons. The van der Waals surface area contributed by atoms with E-state index in [1.807, 2.05) is 37.4 Å². The van der Waals surface area contributed by atoms with Crippen LogP contribution < -0.4 is 4.90 Å². The van der Waals surface area contributed by atoms with Crippen LogP contribution in [0.3, 0.4) is 0 Å². The fourth-order valence-electron chi connectivity index (χ4n) is 3.07. The highest BCUT2D eigenvalue weighted by Crippen LogP contribution is 2.32. The number of nitrogens with zero attached hydrogens (tertiary/aromatic N) is 3. The molecule has 0 bridgehead atoms. The second kappa shape index (κ2) is 10.7. The van der Waals surface area contributed by atoms with E-state index in [1.54, 1.807) is 16.7 Å². The first-order valence-corrected chi connectivity index (χ1v) is 13.8. The van der Waals surface area contributed by atoms with Gasteiger partial charge in [0.25, 0.3) is 0 Å². The maximum absolute atomic E-state index is 13.1. The Morgan fingerprint density at radius 1 is 1.12 bits per heavy atom. The number of thiazole rings is 1. The third-order valence-corrected chi connectivity index (χ3v) is 8.45. The molecule has 0 aliphatic carbocycles. The Kier molecular flexibility index (Phi) is 8.26. The smallest absolute Gasteiger partial charge is 0.228 e. The molecule has 0 unspecified atom stereocenters. The van der Waals surface area contributed by atoms with Crippen molar-refractivity contribution in [2.45, 2.75) is 22.6 Å². The molecular formula is C22H26FN3O3S3. The SMILES string of the molecule is CSc1ccc2nc(N(CCN(C)C)C(=O)CCCS(=O)(=O)c3ccc(F)cc3)sc2c1. The topological polar surface area (TPSA) is 70.6 Å². The van der Waals surface area contributed by atoms with Gasteiger partial charge in [-0.3, -0.25) is 9.69 Å². The molecule has 32 heavy (non-hydrogen) atoms. The molecule has 0 saturated heterocycles. The predicted octanol–water partition coefficient (Wildman–Crippen LogP) is 4.31. The van der Waals surface area contributed by atoms with E-state index in [4.69, 9.17) is 0 Å². The third kappa shape index (κ3) is 6.28. The van der Waals surface area contributed by atoms with Gasteiger partial charge in [-0.15, -0.1) is 11.8 Å². The van der Waals surface area contributed by atoms with E-state index >= 15 is 0 Å². The van der Waals surface area contributed by atoms with Crippen molar-refractivity contribution in [3.8, 4) is 0 Å². The maximum atomic E-state index is 13.1. The van der Waals surface area contributed by atoms with Gasteiger partial charge >= 0.3 is 0 Å². The van der Waals surface area contributed by atoms with Crippen LogP contribution in [0, 0.1) is 5.82 Å². The van der Waals surface area contributed by atoms with Gasteiger partial charge in [0.05, 0.1) is 20.9 Å². The summed E-state index contributed by atoms with van der Waals surface area (Å²) in [4.78, 5) is 22.5. The molecule has 10 heteroatoms. The molecule has 0 N–H and O–H groups in total. The van der Waals surface area contributed by atoms with E-state index in [0.29, 0.717) is 18.2 Å². The Bertz CT molecular complexity index is 1180. The largest absolute Gasteiger partial charge is 0.308 e. The minimum absolute atomic E-state index is 0.0617. The number of halogens is 1. The van der Waals surface area contributed by atoms with E-state index in [0.717, 1.165) is 27.2 Å². The number of rotatable bonds is 10. The predicted molar refractivity (Wildman–Crippen MR) is 130 cm³/mol. The molecule has 0 saturated carbocycles. The number of likely N-dealkylation sites (N-methyl/N-ethyl adjacent to an activating group) is 1. The van der Waals surface area contributed by atoms with Crippen LogP contribution in [0.25, 0.3) is 10.2 Å². The molecule has 1 amide bonds. The minimum atomic E-state index is -3.58. The Labute approximate surface area is 196 Å². The summed E-state index contributed by atoms with van der Waals surface area (Å²) in [6.07, 6.45) is 2.27. The zero-order valence-electron chi connectivity index (χ0n) is 18.2. The van der Waals surface area contributed by atoms with Crippen molar-refractivity contribution < 1.29 is 17.6 Å². The van der Waals surface area contributed by atoms with Crippen molar-refractivity contribution >= 4 is 54.2 Å². The van der Waals surface area contributed by atoms with Crippen molar-refractivity contribution in [3.63, 3.8) is 0 Å². The van der Waals surface area contributed by atoms with E-state index in [1.165, 1.54) is 23.5 Å². The number of fused-ring (bicyclic) bond motifs is 1. The average Bonchev–Trinajstić information content (AvgIpc) is 3.16. The number of benzene rings is 2. The molecule has 1 aromatic heterocycles. The molecule has 0 spiro atoms. The maximum Gasteiger partial charge on any atom is 0.228 e. The summed E-state index contributed by atoms with van der Waals surface area (Å²) in [5, 5.41) is 0.617. The number of amides is 1. The van der Waals surface area contributed by atoms with Crippen LogP contribution in [0.15, 0.2) is 52.3 Å². The fraction of sp³-hybridized carbons (Fsp3) is 0.364. The highest BCUT2D eigenvalue weighted by molar-refractivity contribution is 7.98. The molecule has 0 aliphatic heterocycles. The van der Waals surface area contributed by atoms with Crippen LogP contribution in [0.4, 0.5) is 9.52 Å². The number of anilines is 1. The van der Waals surface area contributed by atoms with Crippen LogP contribution in [0.2, 0.25) is 0 Å². The number of hydrogen-bond donors (Lipinski definition) is 0. The van der Waals surface area contributed by atoms with Gasteiger partial charge < -0.3 is 4.90 Å². The molecule has 6 nitrogen and oxygen atoms in total. The molecular weight excluding hydrogens is 469 g/mol. The highest BCUT2D eigenvalue weighted by atomic mass is 32.2. The molecule has 172 valence electrons. The molecule has 0 atom stereocenters. The first kappa shape index (κ1) is 24.6. The average molecular weight is 496 g/mol. The summed E-state index contributed by atoms with van der Waals surface area (Å²) in [7, 11) is 0.285. The second-order valence-corrected chi connectivity index (χ2v) is 11.6. The Hall–Kier alpha value is -2.01. The number of carbonyl (C=O) groups excluding carboxylic acids is 1. The van der Waals surface area contributed by atoms with Crippen molar-refractivity contribution in [1.82, 2.24) is 9.88 Å². The standard InChI is InChI=1S/C22H26FN3O3S3/c1-25(2)12-13-26(22-24-19-11-8-17(30-3)15-20(19)31-22)21(27)5-4-14-32(28,29)18-9-6-16(23)7-10-18/h6-11,15H,4-5,12-14H2,1-3H3. The molecule has 3 aromatic rings. The van der Waals surface area contributed by atoms with Crippen LogP contribution in [0.5, 0.6) is 0 Å². The number of thioether (sulfide) groups is 1. The Morgan fingerprint density at radius 3 is 2.50 bits per heavy atom. The molecule has 3 rings (SSSR count). The Morgan fingerprint density at radius 2 is 1.84 bits per heavy atom. The van der Waals surface area contributed by atoms with Gasteiger partial charge in [-0.25, -0.2) is 17.8 Å². The van der Waals surface area contributed by atoms with Crippen molar-refractivity contribution in [2.24, 2.45) is 0 Å². The quantitative estimate of drug-likeness (QED) is 0.308. The van der Waals surface area contributed by atoms with E-state index in [2.05, 4.69) is 11.1 Å². The zero-order valence-corrected chi connectivity index (χ0v) is 20.7. The van der Waals surface area contributed by atoms with Gasteiger partial charge in [-0.05, 0) is 69.2 Å². The van der Waals surface area contributed by atoms with Gasteiger partial charge in [-0.2, -0.15) is 0 Å². The third-order valence-electron chi connectivity index (χ3n) is 4.86. The van der Waals surface area contributed by atoms with Gasteiger partial charge in [-0.1, -0.05) is 11.3 Å². The lowest BCUT2D eigenvalue weighted by molar-refractivity contribution is -0.118. The first-order valence-electron chi connectivity index (χ1n) is 10.1. The summed E-state index contributed by atoms with van der Waals surface area (Å²) in [5.41, 5.74) is 0.837. The van der Waals surface area contributed by atoms with Gasteiger partial charge in [0, 0.05) is 24.4 Å². The highest BCUT2D eigenvalue weighted by Gasteiger charge is 2.21. The van der Waals surface area contributed by atoms with E-state index in [9.17, 15) is 17.6 Å². The molecule has 0 aliphatic rings. The number of sulfone groups is 1. The lowest BCUT2D eigenvalue weighted by Gasteiger charge is -2.22. The van der Waals surface area contributed by atoms with E-state index in [-0.39, 0.29) is 29.4 Å². The summed E-state index contributed by atoms with van der Waals surface area (Å²) in [5.74, 6) is -0.829. The fourth-order valence-corrected chi connectivity index (χ4v) is 5.94. The van der Waals surface area contributed by atoms with Crippen molar-refractivity contribution in [3.05, 3.63) is 48.3 Å². The molecule has 2 aromatic carbocycles. The zero-order chi connectivity index (χ0) is 23.3. The minimum Gasteiger partial charge on any atom is -0.308 e. The summed E-state index contributed by atoms with van der Waals surface area (Å²) in [6.45, 7) is 1.12. The second-order valence-electron chi connectivity index (χ2n) is 7.56. The van der Waals surface area contributed by atoms with Crippen LogP contribution in [-0.4, -0.2) is 63.4 Å². The van der Waals surface area contributed by atoms with Crippen molar-refractivity contribution in [2.75, 3.05) is 44.1 Å². The van der Waals surface area contributed by atoms with E-state index < -0.39 is 15.7 Å². The number of hydrogen-bond acceptors (Lipinski definition) is 7. The monoisotopic (exact) mass is 495 g/mol. The summed E-state index contributed by atoms with van der Waals surface area (Å²) in [6, 6.07) is 10.8. The number of carbonyl (C=O) groups is 1. The van der Waals surface area contributed by atoms with Gasteiger partial charge in [0.2, 0.25) is 5.91 Å². The van der Waals surface area contributed by atoms with Crippen LogP contribution in [0.1, 0.15) is 12.8 Å². The number of aromatic nitrogens is 1. The van der Waals surface area contributed by atoms with Crippen LogP contribution >= 0.6 is 23.1 Å². The van der Waals surface area contributed by atoms with Gasteiger partial charge in [0.1, 0.15) is 5.82 Å². The normalized spacial score (nSPS) is 11.9. The van der Waals surface area contributed by atoms with Crippen LogP contribution in [-0.2, 0) is 14.6 Å². The Balaban J connectivity index is 1.72. The lowest BCUT2D eigenvalue weighted by Crippen LogP contribution is -2.36. The lowest BCUT2D eigenvalue weighted by atomic mass is 10.3. The summed E-state index contributed by atoms with van der Waals surface area (Å²) >= 11 is 3.11. The van der Waals surface area contributed by atoms with Gasteiger partial charge in [0.15, 0.2) is 15.0 Å².